The highest BCUT2D eigenvalue weighted by Gasteiger charge is 2.31. The monoisotopic (exact) mass is 227 g/mol. The zero-order valence-corrected chi connectivity index (χ0v) is 10.0. The van der Waals surface area contributed by atoms with Crippen molar-refractivity contribution in [3.63, 3.8) is 0 Å². The molecule has 2 heteroatoms. The van der Waals surface area contributed by atoms with Crippen molar-refractivity contribution in [2.75, 3.05) is 0 Å². The summed E-state index contributed by atoms with van der Waals surface area (Å²) < 4.78 is 6.05. The molecule has 2 N–H and O–H groups in total. The molecule has 0 amide bonds. The predicted octanol–water partition coefficient (Wildman–Crippen LogP) is 3.40. The molecule has 17 heavy (non-hydrogen) atoms. The number of rotatable bonds is 2. The van der Waals surface area contributed by atoms with Crippen molar-refractivity contribution in [3.05, 3.63) is 42.0 Å². The van der Waals surface area contributed by atoms with Crippen LogP contribution in [0.4, 0.5) is 0 Å². The first-order valence-electron chi connectivity index (χ1n) is 6.25. The van der Waals surface area contributed by atoms with E-state index in [-0.39, 0.29) is 12.1 Å². The molecule has 0 radical (unpaired) electrons. The summed E-state index contributed by atoms with van der Waals surface area (Å²) in [6.07, 6.45) is 2.26. The fourth-order valence-corrected chi connectivity index (χ4v) is 2.60. The van der Waals surface area contributed by atoms with Crippen LogP contribution in [0.15, 0.2) is 36.4 Å². The Kier molecular flexibility index (Phi) is 2.52. The quantitative estimate of drug-likeness (QED) is 0.853. The second kappa shape index (κ2) is 4.04. The van der Waals surface area contributed by atoms with Crippen LogP contribution in [-0.4, -0.2) is 6.10 Å². The molecule has 0 spiro atoms. The summed E-state index contributed by atoms with van der Waals surface area (Å²) in [6, 6.07) is 12.6. The van der Waals surface area contributed by atoms with Gasteiger partial charge in [-0.15, -0.1) is 0 Å². The molecule has 0 fully saturated rings. The Bertz CT molecular complexity index is 550. The third-order valence-corrected chi connectivity index (χ3v) is 3.51. The SMILES string of the molecule is CCCC1Oc2c(ccc3ccccc23)C1N. The van der Waals surface area contributed by atoms with Crippen molar-refractivity contribution in [3.8, 4) is 5.75 Å². The van der Waals surface area contributed by atoms with Gasteiger partial charge in [-0.1, -0.05) is 49.7 Å². The topological polar surface area (TPSA) is 35.2 Å². The Hall–Kier alpha value is -1.54. The highest BCUT2D eigenvalue weighted by molar-refractivity contribution is 5.90. The van der Waals surface area contributed by atoms with E-state index < -0.39 is 0 Å². The summed E-state index contributed by atoms with van der Waals surface area (Å²) >= 11 is 0. The minimum atomic E-state index is 0.0227. The molecule has 2 aromatic carbocycles. The van der Waals surface area contributed by atoms with Crippen molar-refractivity contribution < 1.29 is 4.74 Å². The minimum absolute atomic E-state index is 0.0227. The van der Waals surface area contributed by atoms with Crippen molar-refractivity contribution in [2.45, 2.75) is 31.9 Å². The first-order valence-corrected chi connectivity index (χ1v) is 6.25. The van der Waals surface area contributed by atoms with Gasteiger partial charge >= 0.3 is 0 Å². The molecule has 3 rings (SSSR count). The van der Waals surface area contributed by atoms with Crippen LogP contribution >= 0.6 is 0 Å². The summed E-state index contributed by atoms with van der Waals surface area (Å²) in [5, 5.41) is 2.40. The van der Waals surface area contributed by atoms with Gasteiger partial charge in [-0.05, 0) is 11.8 Å². The zero-order valence-electron chi connectivity index (χ0n) is 10.0. The third-order valence-electron chi connectivity index (χ3n) is 3.51. The number of fused-ring (bicyclic) bond motifs is 3. The predicted molar refractivity (Wildman–Crippen MR) is 70.2 cm³/mol. The maximum atomic E-state index is 6.24. The second-order valence-electron chi connectivity index (χ2n) is 4.68. The first kappa shape index (κ1) is 10.6. The van der Waals surface area contributed by atoms with E-state index in [0.717, 1.165) is 24.2 Å². The fraction of sp³-hybridized carbons (Fsp3) is 0.333. The molecule has 1 heterocycles. The Morgan fingerprint density at radius 1 is 1.18 bits per heavy atom. The van der Waals surface area contributed by atoms with Gasteiger partial charge in [0.05, 0.1) is 6.04 Å². The fourth-order valence-electron chi connectivity index (χ4n) is 2.60. The summed E-state index contributed by atoms with van der Waals surface area (Å²) in [4.78, 5) is 0. The third kappa shape index (κ3) is 1.60. The molecule has 0 saturated heterocycles. The lowest BCUT2D eigenvalue weighted by Gasteiger charge is -2.13. The molecule has 0 saturated carbocycles. The summed E-state index contributed by atoms with van der Waals surface area (Å²) in [6.45, 7) is 2.16. The van der Waals surface area contributed by atoms with Crippen LogP contribution in [0, 0.1) is 0 Å². The average Bonchev–Trinajstić information content (AvgIpc) is 2.68. The van der Waals surface area contributed by atoms with E-state index in [1.807, 2.05) is 12.1 Å². The average molecular weight is 227 g/mol. The van der Waals surface area contributed by atoms with Gasteiger partial charge in [-0.3, -0.25) is 0 Å². The van der Waals surface area contributed by atoms with Gasteiger partial charge in [0.15, 0.2) is 0 Å². The summed E-state index contributed by atoms with van der Waals surface area (Å²) in [5.41, 5.74) is 7.40. The minimum Gasteiger partial charge on any atom is -0.487 e. The standard InChI is InChI=1S/C15H17NO/c1-2-5-13-14(16)12-9-8-10-6-3-4-7-11(10)15(12)17-13/h3-4,6-9,13-14H,2,5,16H2,1H3. The van der Waals surface area contributed by atoms with Crippen molar-refractivity contribution in [1.29, 1.82) is 0 Å². The van der Waals surface area contributed by atoms with E-state index in [2.05, 4.69) is 31.2 Å². The summed E-state index contributed by atoms with van der Waals surface area (Å²) in [5.74, 6) is 0.994. The molecule has 2 nitrogen and oxygen atoms in total. The molecule has 88 valence electrons. The smallest absolute Gasteiger partial charge is 0.132 e. The normalized spacial score (nSPS) is 22.5. The van der Waals surface area contributed by atoms with Crippen LogP contribution in [0.25, 0.3) is 10.8 Å². The highest BCUT2D eigenvalue weighted by Crippen LogP contribution is 2.41. The Morgan fingerprint density at radius 2 is 2.00 bits per heavy atom. The number of hydrogen-bond donors (Lipinski definition) is 1. The van der Waals surface area contributed by atoms with E-state index in [1.54, 1.807) is 0 Å². The van der Waals surface area contributed by atoms with Gasteiger partial charge in [-0.2, -0.15) is 0 Å². The lowest BCUT2D eigenvalue weighted by molar-refractivity contribution is 0.196. The van der Waals surface area contributed by atoms with Crippen LogP contribution < -0.4 is 10.5 Å². The van der Waals surface area contributed by atoms with Crippen molar-refractivity contribution in [2.24, 2.45) is 5.73 Å². The molecule has 1 aliphatic heterocycles. The van der Waals surface area contributed by atoms with Crippen molar-refractivity contribution in [1.82, 2.24) is 0 Å². The zero-order chi connectivity index (χ0) is 11.8. The molecule has 0 aromatic heterocycles. The first-order chi connectivity index (χ1) is 8.31. The van der Waals surface area contributed by atoms with Gasteiger partial charge in [0.25, 0.3) is 0 Å². The Labute approximate surface area is 101 Å². The Balaban J connectivity index is 2.12. The molecule has 2 aromatic rings. The van der Waals surface area contributed by atoms with E-state index >= 15 is 0 Å². The van der Waals surface area contributed by atoms with Gasteiger partial charge in [0, 0.05) is 10.9 Å². The van der Waals surface area contributed by atoms with Crippen molar-refractivity contribution >= 4 is 10.8 Å². The van der Waals surface area contributed by atoms with Crippen LogP contribution in [0.3, 0.4) is 0 Å². The summed E-state index contributed by atoms with van der Waals surface area (Å²) in [7, 11) is 0. The molecule has 2 atom stereocenters. The largest absolute Gasteiger partial charge is 0.487 e. The number of ether oxygens (including phenoxy) is 1. The highest BCUT2D eigenvalue weighted by atomic mass is 16.5. The van der Waals surface area contributed by atoms with Crippen LogP contribution in [0.1, 0.15) is 31.4 Å². The second-order valence-corrected chi connectivity index (χ2v) is 4.68. The van der Waals surface area contributed by atoms with Gasteiger partial charge < -0.3 is 10.5 Å². The molecule has 1 aliphatic rings. The van der Waals surface area contributed by atoms with Crippen LogP contribution in [-0.2, 0) is 0 Å². The van der Waals surface area contributed by atoms with Gasteiger partial charge in [0.2, 0.25) is 0 Å². The van der Waals surface area contributed by atoms with E-state index in [1.165, 1.54) is 10.8 Å². The molecular formula is C15H17NO. The van der Waals surface area contributed by atoms with Gasteiger partial charge in [0.1, 0.15) is 11.9 Å². The number of hydrogen-bond acceptors (Lipinski definition) is 2. The van der Waals surface area contributed by atoms with Gasteiger partial charge in [-0.25, -0.2) is 0 Å². The molecule has 2 unspecified atom stereocenters. The molecule has 0 bridgehead atoms. The number of nitrogens with two attached hydrogens (primary N) is 1. The van der Waals surface area contributed by atoms with Crippen LogP contribution in [0.5, 0.6) is 5.75 Å². The lowest BCUT2D eigenvalue weighted by Crippen LogP contribution is -2.24. The van der Waals surface area contributed by atoms with E-state index in [9.17, 15) is 0 Å². The molecule has 0 aliphatic carbocycles. The lowest BCUT2D eigenvalue weighted by atomic mass is 9.99. The van der Waals surface area contributed by atoms with E-state index in [0.29, 0.717) is 0 Å². The maximum Gasteiger partial charge on any atom is 0.132 e. The van der Waals surface area contributed by atoms with Crippen LogP contribution in [0.2, 0.25) is 0 Å². The maximum absolute atomic E-state index is 6.24. The van der Waals surface area contributed by atoms with E-state index in [4.69, 9.17) is 10.5 Å². The Morgan fingerprint density at radius 3 is 2.82 bits per heavy atom. The molecular weight excluding hydrogens is 210 g/mol. The number of benzene rings is 2.